The second kappa shape index (κ2) is 5.99. The Balaban J connectivity index is 1.90. The molecule has 0 bridgehead atoms. The normalized spacial score (nSPS) is 19.5. The van der Waals surface area contributed by atoms with Gasteiger partial charge < -0.3 is 5.32 Å². The van der Waals surface area contributed by atoms with Gasteiger partial charge in [0, 0.05) is 37.4 Å². The number of carbonyl (C=O) groups is 1. The number of halogens is 1. The topological polar surface area (TPSA) is 50.2 Å². The minimum absolute atomic E-state index is 0.0570. The summed E-state index contributed by atoms with van der Waals surface area (Å²) in [6, 6.07) is 9.66. The monoisotopic (exact) mass is 348 g/mol. The molecule has 0 radical (unpaired) electrons. The van der Waals surface area contributed by atoms with E-state index in [0.29, 0.717) is 13.1 Å². The molecule has 21 heavy (non-hydrogen) atoms. The average Bonchev–Trinajstić information content (AvgIpc) is 2.84. The highest BCUT2D eigenvalue weighted by molar-refractivity contribution is 9.10. The molecular weight excluding hydrogens is 332 g/mol. The molecule has 1 aliphatic heterocycles. The van der Waals surface area contributed by atoms with Gasteiger partial charge in [0.1, 0.15) is 6.04 Å². The Kier molecular flexibility index (Phi) is 4.07. The van der Waals surface area contributed by atoms with Gasteiger partial charge in [-0.1, -0.05) is 28.1 Å². The molecule has 0 spiro atoms. The highest BCUT2D eigenvalue weighted by Crippen LogP contribution is 2.27. The van der Waals surface area contributed by atoms with Crippen molar-refractivity contribution in [2.75, 3.05) is 13.1 Å². The summed E-state index contributed by atoms with van der Waals surface area (Å²) in [6.07, 6.45) is 1.79. The number of aryl methyl sites for hydroxylation is 1. The molecule has 1 aromatic carbocycles. The first-order valence-corrected chi connectivity index (χ1v) is 7.68. The molecular formula is C15H17BrN4O. The van der Waals surface area contributed by atoms with Crippen LogP contribution in [-0.4, -0.2) is 33.7 Å². The van der Waals surface area contributed by atoms with Crippen LogP contribution in [0.1, 0.15) is 17.3 Å². The summed E-state index contributed by atoms with van der Waals surface area (Å²) in [4.78, 5) is 14.5. The third-order valence-corrected chi connectivity index (χ3v) is 4.26. The van der Waals surface area contributed by atoms with E-state index in [2.05, 4.69) is 31.2 Å². The number of hydrogen-bond acceptors (Lipinski definition) is 3. The Labute approximate surface area is 132 Å². The minimum atomic E-state index is -0.258. The molecule has 2 heterocycles. The van der Waals surface area contributed by atoms with Crippen molar-refractivity contribution in [1.82, 2.24) is 20.0 Å². The van der Waals surface area contributed by atoms with E-state index in [1.165, 1.54) is 0 Å². The summed E-state index contributed by atoms with van der Waals surface area (Å²) in [5.74, 6) is 0.0570. The maximum absolute atomic E-state index is 12.3. The molecule has 1 atom stereocenters. The van der Waals surface area contributed by atoms with Crippen molar-refractivity contribution in [2.24, 2.45) is 7.05 Å². The highest BCUT2D eigenvalue weighted by Gasteiger charge is 2.31. The van der Waals surface area contributed by atoms with Crippen molar-refractivity contribution in [2.45, 2.75) is 12.6 Å². The quantitative estimate of drug-likeness (QED) is 0.920. The van der Waals surface area contributed by atoms with Gasteiger partial charge in [0.05, 0.1) is 5.69 Å². The fraction of sp³-hybridized carbons (Fsp3) is 0.333. The summed E-state index contributed by atoms with van der Waals surface area (Å²) in [6.45, 7) is 2.22. The van der Waals surface area contributed by atoms with E-state index in [0.717, 1.165) is 22.3 Å². The molecule has 1 aromatic heterocycles. The van der Waals surface area contributed by atoms with Gasteiger partial charge in [-0.3, -0.25) is 14.4 Å². The smallest absolute Gasteiger partial charge is 0.242 e. The van der Waals surface area contributed by atoms with Crippen LogP contribution in [-0.2, 0) is 18.4 Å². The number of aromatic nitrogens is 2. The van der Waals surface area contributed by atoms with Crippen molar-refractivity contribution >= 4 is 21.8 Å². The van der Waals surface area contributed by atoms with E-state index in [9.17, 15) is 4.79 Å². The summed E-state index contributed by atoms with van der Waals surface area (Å²) in [7, 11) is 1.92. The van der Waals surface area contributed by atoms with Crippen molar-refractivity contribution in [3.8, 4) is 0 Å². The van der Waals surface area contributed by atoms with Gasteiger partial charge in [-0.2, -0.15) is 5.10 Å². The van der Waals surface area contributed by atoms with Crippen LogP contribution in [0.5, 0.6) is 0 Å². The van der Waals surface area contributed by atoms with Crippen molar-refractivity contribution in [3.63, 3.8) is 0 Å². The van der Waals surface area contributed by atoms with E-state index in [1.54, 1.807) is 6.20 Å². The molecule has 3 rings (SSSR count). The Bertz CT molecular complexity index is 655. The lowest BCUT2D eigenvalue weighted by atomic mass is 10.0. The second-order valence-electron chi connectivity index (χ2n) is 5.17. The molecule has 1 N–H and O–H groups in total. The molecule has 6 heteroatoms. The average molecular weight is 349 g/mol. The first-order valence-electron chi connectivity index (χ1n) is 6.89. The number of rotatable bonds is 3. The summed E-state index contributed by atoms with van der Waals surface area (Å²) in [5.41, 5.74) is 2.11. The van der Waals surface area contributed by atoms with Gasteiger partial charge in [0.25, 0.3) is 0 Å². The number of nitrogens with zero attached hydrogens (tertiary/aromatic N) is 3. The van der Waals surface area contributed by atoms with Gasteiger partial charge in [-0.25, -0.2) is 0 Å². The fourth-order valence-electron chi connectivity index (χ4n) is 2.69. The van der Waals surface area contributed by atoms with E-state index >= 15 is 0 Å². The van der Waals surface area contributed by atoms with Crippen molar-refractivity contribution < 1.29 is 4.79 Å². The largest absolute Gasteiger partial charge is 0.353 e. The predicted octanol–water partition coefficient (Wildman–Crippen LogP) is 1.86. The van der Waals surface area contributed by atoms with Crippen LogP contribution in [0.2, 0.25) is 0 Å². The fourth-order valence-corrected chi connectivity index (χ4v) is 3.10. The van der Waals surface area contributed by atoms with E-state index in [-0.39, 0.29) is 11.9 Å². The van der Waals surface area contributed by atoms with Crippen LogP contribution in [0.25, 0.3) is 0 Å². The molecule has 0 saturated carbocycles. The molecule has 110 valence electrons. The Morgan fingerprint density at radius 2 is 2.29 bits per heavy atom. The molecule has 5 nitrogen and oxygen atoms in total. The molecule has 0 unspecified atom stereocenters. The van der Waals surface area contributed by atoms with Crippen LogP contribution in [0, 0.1) is 0 Å². The van der Waals surface area contributed by atoms with Crippen LogP contribution in [0.3, 0.4) is 0 Å². The maximum Gasteiger partial charge on any atom is 0.242 e. The van der Waals surface area contributed by atoms with Crippen LogP contribution in [0.4, 0.5) is 0 Å². The zero-order valence-corrected chi connectivity index (χ0v) is 13.4. The number of hydrogen-bond donors (Lipinski definition) is 1. The number of benzene rings is 1. The number of nitrogens with one attached hydrogen (secondary N) is 1. The highest BCUT2D eigenvalue weighted by atomic mass is 79.9. The molecule has 2 aromatic rings. The van der Waals surface area contributed by atoms with Gasteiger partial charge in [0.2, 0.25) is 5.91 Å². The van der Waals surface area contributed by atoms with E-state index in [1.807, 2.05) is 42.1 Å². The second-order valence-corrected chi connectivity index (χ2v) is 6.08. The van der Waals surface area contributed by atoms with Gasteiger partial charge in [0.15, 0.2) is 0 Å². The Morgan fingerprint density at radius 1 is 1.43 bits per heavy atom. The van der Waals surface area contributed by atoms with Gasteiger partial charge in [-0.15, -0.1) is 0 Å². The molecule has 1 aliphatic rings. The van der Waals surface area contributed by atoms with E-state index < -0.39 is 0 Å². The lowest BCUT2D eigenvalue weighted by Gasteiger charge is -2.35. The van der Waals surface area contributed by atoms with Crippen LogP contribution >= 0.6 is 15.9 Å². The zero-order valence-electron chi connectivity index (χ0n) is 11.8. The van der Waals surface area contributed by atoms with Crippen LogP contribution in [0.15, 0.2) is 41.0 Å². The standard InChI is InChI=1S/C15H17BrN4O/c1-19-13(5-6-18-19)10-20-8-7-17-15(21)14(20)11-3-2-4-12(16)9-11/h2-6,9,14H,7-8,10H2,1H3,(H,17,21)/t14-/m0/s1. The third kappa shape index (κ3) is 3.01. The third-order valence-electron chi connectivity index (χ3n) is 3.76. The molecule has 1 saturated heterocycles. The lowest BCUT2D eigenvalue weighted by Crippen LogP contribution is -2.49. The predicted molar refractivity (Wildman–Crippen MR) is 83.5 cm³/mol. The number of carbonyl (C=O) groups excluding carboxylic acids is 1. The maximum atomic E-state index is 12.3. The Morgan fingerprint density at radius 3 is 3.00 bits per heavy atom. The summed E-state index contributed by atoms with van der Waals surface area (Å²) < 4.78 is 2.84. The lowest BCUT2D eigenvalue weighted by molar-refractivity contribution is -0.129. The minimum Gasteiger partial charge on any atom is -0.353 e. The number of amides is 1. The van der Waals surface area contributed by atoms with Crippen LogP contribution < -0.4 is 5.32 Å². The van der Waals surface area contributed by atoms with Gasteiger partial charge >= 0.3 is 0 Å². The van der Waals surface area contributed by atoms with E-state index in [4.69, 9.17) is 0 Å². The van der Waals surface area contributed by atoms with Gasteiger partial charge in [-0.05, 0) is 23.8 Å². The number of piperazine rings is 1. The van der Waals surface area contributed by atoms with Crippen molar-refractivity contribution in [1.29, 1.82) is 0 Å². The zero-order chi connectivity index (χ0) is 14.8. The first-order chi connectivity index (χ1) is 10.1. The molecule has 1 amide bonds. The SMILES string of the molecule is Cn1nccc1CN1CCNC(=O)[C@@H]1c1cccc(Br)c1. The first kappa shape index (κ1) is 14.3. The molecule has 1 fully saturated rings. The Hall–Kier alpha value is -1.66. The molecule has 0 aliphatic carbocycles. The van der Waals surface area contributed by atoms with Crippen molar-refractivity contribution in [3.05, 3.63) is 52.3 Å². The summed E-state index contributed by atoms with van der Waals surface area (Å²) in [5, 5.41) is 7.15. The summed E-state index contributed by atoms with van der Waals surface area (Å²) >= 11 is 3.48.